The van der Waals surface area contributed by atoms with Gasteiger partial charge in [-0.25, -0.2) is 0 Å². The molecule has 0 aliphatic heterocycles. The standard InChI is InChI=1S/C18H21BrN4/c1-20-18(22-11-9-15-4-2-3-10-21-15)23-17-12-16(17)13-5-7-14(19)8-6-13/h2-8,10,16-17H,9,11-12H2,1H3,(H2,20,22,23). The van der Waals surface area contributed by atoms with E-state index in [1.807, 2.05) is 31.4 Å². The van der Waals surface area contributed by atoms with Crippen LogP contribution in [0.5, 0.6) is 0 Å². The highest BCUT2D eigenvalue weighted by Gasteiger charge is 2.38. The molecular formula is C18H21BrN4. The fourth-order valence-corrected chi connectivity index (χ4v) is 2.92. The summed E-state index contributed by atoms with van der Waals surface area (Å²) in [5.41, 5.74) is 2.48. The summed E-state index contributed by atoms with van der Waals surface area (Å²) in [7, 11) is 1.81. The van der Waals surface area contributed by atoms with Crippen LogP contribution in [0.3, 0.4) is 0 Å². The molecule has 1 aromatic carbocycles. The molecule has 0 amide bonds. The molecular weight excluding hydrogens is 352 g/mol. The van der Waals surface area contributed by atoms with Crippen LogP contribution in [0.2, 0.25) is 0 Å². The van der Waals surface area contributed by atoms with Gasteiger partial charge >= 0.3 is 0 Å². The van der Waals surface area contributed by atoms with E-state index in [0.29, 0.717) is 12.0 Å². The predicted octanol–water partition coefficient (Wildman–Crippen LogP) is 3.11. The Balaban J connectivity index is 1.45. The Bertz CT molecular complexity index is 654. The maximum absolute atomic E-state index is 4.33. The second kappa shape index (κ2) is 7.59. The normalized spacial score (nSPS) is 20.2. The molecule has 1 heterocycles. The van der Waals surface area contributed by atoms with E-state index in [0.717, 1.165) is 35.5 Å². The van der Waals surface area contributed by atoms with Crippen molar-refractivity contribution in [2.75, 3.05) is 13.6 Å². The predicted molar refractivity (Wildman–Crippen MR) is 97.7 cm³/mol. The van der Waals surface area contributed by atoms with E-state index in [2.05, 4.69) is 60.8 Å². The van der Waals surface area contributed by atoms with Crippen molar-refractivity contribution >= 4 is 21.9 Å². The molecule has 4 nitrogen and oxygen atoms in total. The molecule has 0 saturated heterocycles. The summed E-state index contributed by atoms with van der Waals surface area (Å²) >= 11 is 3.48. The Hall–Kier alpha value is -1.88. The van der Waals surface area contributed by atoms with E-state index < -0.39 is 0 Å². The minimum Gasteiger partial charge on any atom is -0.356 e. The van der Waals surface area contributed by atoms with E-state index in [1.165, 1.54) is 5.56 Å². The van der Waals surface area contributed by atoms with E-state index in [9.17, 15) is 0 Å². The molecule has 0 bridgehead atoms. The number of aliphatic imine (C=N–C) groups is 1. The van der Waals surface area contributed by atoms with Crippen LogP contribution in [-0.2, 0) is 6.42 Å². The second-order valence-electron chi connectivity index (χ2n) is 5.71. The number of benzene rings is 1. The summed E-state index contributed by atoms with van der Waals surface area (Å²) in [6.07, 6.45) is 3.88. The van der Waals surface area contributed by atoms with Crippen molar-refractivity contribution in [2.45, 2.75) is 24.8 Å². The van der Waals surface area contributed by atoms with Gasteiger partial charge in [0.05, 0.1) is 0 Å². The van der Waals surface area contributed by atoms with Crippen molar-refractivity contribution < 1.29 is 0 Å². The Morgan fingerprint density at radius 1 is 1.26 bits per heavy atom. The summed E-state index contributed by atoms with van der Waals surface area (Å²) in [6, 6.07) is 15.0. The third-order valence-electron chi connectivity index (χ3n) is 4.03. The first kappa shape index (κ1) is 16.0. The van der Waals surface area contributed by atoms with Crippen molar-refractivity contribution in [3.63, 3.8) is 0 Å². The Kier molecular flexibility index (Phi) is 5.28. The molecule has 0 radical (unpaired) electrons. The van der Waals surface area contributed by atoms with Crippen LogP contribution in [-0.4, -0.2) is 30.6 Å². The van der Waals surface area contributed by atoms with Crippen LogP contribution in [0.1, 0.15) is 23.6 Å². The quantitative estimate of drug-likeness (QED) is 0.626. The second-order valence-corrected chi connectivity index (χ2v) is 6.63. The van der Waals surface area contributed by atoms with Gasteiger partial charge in [0, 0.05) is 48.3 Å². The van der Waals surface area contributed by atoms with Crippen molar-refractivity contribution in [1.82, 2.24) is 15.6 Å². The fourth-order valence-electron chi connectivity index (χ4n) is 2.66. The first-order valence-electron chi connectivity index (χ1n) is 7.89. The number of rotatable bonds is 5. The van der Waals surface area contributed by atoms with Crippen LogP contribution in [0.4, 0.5) is 0 Å². The minimum atomic E-state index is 0.470. The SMILES string of the molecule is CN=C(NCCc1ccccn1)NC1CC1c1ccc(Br)cc1. The lowest BCUT2D eigenvalue weighted by molar-refractivity contribution is 0.772. The molecule has 2 aromatic rings. The number of hydrogen-bond acceptors (Lipinski definition) is 2. The van der Waals surface area contributed by atoms with Gasteiger partial charge in [-0.1, -0.05) is 34.1 Å². The Labute approximate surface area is 145 Å². The molecule has 2 unspecified atom stereocenters. The summed E-state index contributed by atoms with van der Waals surface area (Å²) in [5.74, 6) is 1.45. The lowest BCUT2D eigenvalue weighted by Crippen LogP contribution is -2.40. The van der Waals surface area contributed by atoms with E-state index in [4.69, 9.17) is 0 Å². The zero-order chi connectivity index (χ0) is 16.1. The highest BCUT2D eigenvalue weighted by molar-refractivity contribution is 9.10. The molecule has 3 rings (SSSR count). The van der Waals surface area contributed by atoms with Gasteiger partial charge < -0.3 is 10.6 Å². The fraction of sp³-hybridized carbons (Fsp3) is 0.333. The van der Waals surface area contributed by atoms with Gasteiger partial charge in [0.15, 0.2) is 5.96 Å². The van der Waals surface area contributed by atoms with Crippen molar-refractivity contribution in [1.29, 1.82) is 0 Å². The number of hydrogen-bond donors (Lipinski definition) is 2. The first-order valence-corrected chi connectivity index (χ1v) is 8.68. The maximum atomic E-state index is 4.33. The zero-order valence-electron chi connectivity index (χ0n) is 13.2. The third-order valence-corrected chi connectivity index (χ3v) is 4.56. The molecule has 2 N–H and O–H groups in total. The summed E-state index contributed by atoms with van der Waals surface area (Å²) in [5, 5.41) is 6.86. The maximum Gasteiger partial charge on any atom is 0.191 e. The van der Waals surface area contributed by atoms with Crippen LogP contribution in [0.25, 0.3) is 0 Å². The summed E-state index contributed by atoms with van der Waals surface area (Å²) in [4.78, 5) is 8.64. The topological polar surface area (TPSA) is 49.3 Å². The highest BCUT2D eigenvalue weighted by Crippen LogP contribution is 2.40. The number of nitrogens with one attached hydrogen (secondary N) is 2. The van der Waals surface area contributed by atoms with Gasteiger partial charge in [-0.3, -0.25) is 9.98 Å². The minimum absolute atomic E-state index is 0.470. The first-order chi connectivity index (χ1) is 11.3. The van der Waals surface area contributed by atoms with Gasteiger partial charge in [0.2, 0.25) is 0 Å². The molecule has 5 heteroatoms. The van der Waals surface area contributed by atoms with Gasteiger partial charge in [-0.05, 0) is 36.2 Å². The lowest BCUT2D eigenvalue weighted by Gasteiger charge is -2.11. The van der Waals surface area contributed by atoms with Gasteiger partial charge in [-0.15, -0.1) is 0 Å². The van der Waals surface area contributed by atoms with Gasteiger partial charge in [0.1, 0.15) is 0 Å². The number of pyridine rings is 1. The highest BCUT2D eigenvalue weighted by atomic mass is 79.9. The summed E-state index contributed by atoms with van der Waals surface area (Å²) < 4.78 is 1.12. The van der Waals surface area contributed by atoms with Crippen LogP contribution in [0.15, 0.2) is 58.1 Å². The molecule has 1 aliphatic rings. The molecule has 23 heavy (non-hydrogen) atoms. The van der Waals surface area contributed by atoms with E-state index in [1.54, 1.807) is 0 Å². The Morgan fingerprint density at radius 3 is 2.78 bits per heavy atom. The number of nitrogens with zero attached hydrogens (tertiary/aromatic N) is 2. The van der Waals surface area contributed by atoms with Crippen LogP contribution < -0.4 is 10.6 Å². The smallest absolute Gasteiger partial charge is 0.191 e. The van der Waals surface area contributed by atoms with Gasteiger partial charge in [0.25, 0.3) is 0 Å². The molecule has 2 atom stereocenters. The molecule has 1 saturated carbocycles. The van der Waals surface area contributed by atoms with Crippen molar-refractivity contribution in [2.24, 2.45) is 4.99 Å². The van der Waals surface area contributed by atoms with Crippen molar-refractivity contribution in [3.05, 3.63) is 64.4 Å². The number of aromatic nitrogens is 1. The molecule has 1 aromatic heterocycles. The lowest BCUT2D eigenvalue weighted by atomic mass is 10.1. The van der Waals surface area contributed by atoms with Crippen LogP contribution >= 0.6 is 15.9 Å². The average Bonchev–Trinajstić information content (AvgIpc) is 3.35. The Morgan fingerprint density at radius 2 is 2.09 bits per heavy atom. The monoisotopic (exact) mass is 372 g/mol. The number of guanidine groups is 1. The number of halogens is 1. The third kappa shape index (κ3) is 4.55. The largest absolute Gasteiger partial charge is 0.356 e. The summed E-state index contributed by atoms with van der Waals surface area (Å²) in [6.45, 7) is 0.826. The van der Waals surface area contributed by atoms with Crippen LogP contribution in [0, 0.1) is 0 Å². The molecule has 1 fully saturated rings. The van der Waals surface area contributed by atoms with E-state index >= 15 is 0 Å². The van der Waals surface area contributed by atoms with E-state index in [-0.39, 0.29) is 0 Å². The molecule has 120 valence electrons. The van der Waals surface area contributed by atoms with Crippen molar-refractivity contribution in [3.8, 4) is 0 Å². The molecule has 0 spiro atoms. The molecule has 1 aliphatic carbocycles. The van der Waals surface area contributed by atoms with Gasteiger partial charge in [-0.2, -0.15) is 0 Å². The zero-order valence-corrected chi connectivity index (χ0v) is 14.8. The average molecular weight is 373 g/mol.